The maximum Gasteiger partial charge on any atom is 0.339 e. The van der Waals surface area contributed by atoms with Crippen molar-refractivity contribution < 1.29 is 23.5 Å². The molecule has 1 aliphatic carbocycles. The van der Waals surface area contributed by atoms with Crippen molar-refractivity contribution in [3.05, 3.63) is 101 Å². The van der Waals surface area contributed by atoms with Crippen molar-refractivity contribution in [3.8, 4) is 0 Å². The zero-order chi connectivity index (χ0) is 24.6. The molecule has 2 aromatic heterocycles. The molecule has 0 saturated heterocycles. The number of hydrogen-bond donors (Lipinski definition) is 0. The van der Waals surface area contributed by atoms with Crippen LogP contribution in [-0.2, 0) is 11.2 Å². The molecule has 7 heteroatoms. The van der Waals surface area contributed by atoms with Crippen molar-refractivity contribution in [1.82, 2.24) is 9.88 Å². The third kappa shape index (κ3) is 3.69. The number of aromatic nitrogens is 1. The van der Waals surface area contributed by atoms with Gasteiger partial charge in [-0.25, -0.2) is 9.78 Å². The van der Waals surface area contributed by atoms with Crippen LogP contribution in [0.4, 0.5) is 0 Å². The van der Waals surface area contributed by atoms with E-state index in [9.17, 15) is 14.4 Å². The summed E-state index contributed by atoms with van der Waals surface area (Å²) in [7, 11) is 0. The molecule has 2 aliphatic rings. The summed E-state index contributed by atoms with van der Waals surface area (Å²) in [5, 5.41) is 0.723. The summed E-state index contributed by atoms with van der Waals surface area (Å²) >= 11 is 0. The largest absolute Gasteiger partial charge is 0.465 e. The molecule has 1 aliphatic heterocycles. The topological polar surface area (TPSA) is 89.7 Å². The van der Waals surface area contributed by atoms with Gasteiger partial charge in [0, 0.05) is 5.39 Å². The molecule has 0 spiro atoms. The number of furan rings is 1. The zero-order valence-corrected chi connectivity index (χ0v) is 19.4. The first kappa shape index (κ1) is 22.0. The van der Waals surface area contributed by atoms with Gasteiger partial charge in [-0.2, -0.15) is 0 Å². The molecule has 0 fully saturated rings. The fourth-order valence-electron chi connectivity index (χ4n) is 5.00. The third-order valence-electron chi connectivity index (χ3n) is 6.66. The monoisotopic (exact) mass is 478 g/mol. The Bertz CT molecular complexity index is 1520. The average molecular weight is 479 g/mol. The smallest absolute Gasteiger partial charge is 0.339 e. The number of ether oxygens (including phenoxy) is 1. The number of carbonyl (C=O) groups is 3. The molecule has 0 unspecified atom stereocenters. The summed E-state index contributed by atoms with van der Waals surface area (Å²) in [5.74, 6) is -0.490. The number of pyridine rings is 1. The first-order valence-corrected chi connectivity index (χ1v) is 11.9. The Morgan fingerprint density at radius 2 is 1.72 bits per heavy atom. The van der Waals surface area contributed by atoms with Crippen LogP contribution in [0, 0.1) is 0 Å². The predicted molar refractivity (Wildman–Crippen MR) is 133 cm³/mol. The van der Waals surface area contributed by atoms with E-state index in [2.05, 4.69) is 0 Å². The first-order valence-electron chi connectivity index (χ1n) is 11.9. The number of fused-ring (bicyclic) bond motifs is 3. The number of hydrogen-bond acceptors (Lipinski definition) is 6. The second-order valence-corrected chi connectivity index (χ2v) is 8.81. The standard InChI is InChI=1S/C29H22N2O5/c32-27-20-9-1-2-10-21(20)28(33)31(27)14-16-36-29(34)25-22-11-3-4-13-24(22)30-26-18(7-5-12-23(25)26)17-19-8-6-15-35-19/h1-4,6,8-11,13,15,17H,5,7,12,14,16H2/b18-17-. The van der Waals surface area contributed by atoms with Crippen LogP contribution in [0.1, 0.15) is 60.9 Å². The molecule has 4 aromatic rings. The van der Waals surface area contributed by atoms with Crippen LogP contribution in [0.15, 0.2) is 71.3 Å². The number of imide groups is 1. The second kappa shape index (κ2) is 8.92. The van der Waals surface area contributed by atoms with Gasteiger partial charge < -0.3 is 9.15 Å². The first-order chi connectivity index (χ1) is 17.6. The fraction of sp³-hybridized carbons (Fsp3) is 0.172. The molecule has 178 valence electrons. The van der Waals surface area contributed by atoms with E-state index in [0.717, 1.165) is 45.7 Å². The van der Waals surface area contributed by atoms with Crippen molar-refractivity contribution in [2.75, 3.05) is 13.2 Å². The van der Waals surface area contributed by atoms with Gasteiger partial charge in [0.05, 0.1) is 40.7 Å². The lowest BCUT2D eigenvalue weighted by Gasteiger charge is -2.22. The molecule has 2 aromatic carbocycles. The minimum Gasteiger partial charge on any atom is -0.465 e. The number of benzene rings is 2. The molecule has 6 rings (SSSR count). The van der Waals surface area contributed by atoms with Crippen LogP contribution in [0.25, 0.3) is 22.6 Å². The van der Waals surface area contributed by atoms with Gasteiger partial charge in [0.1, 0.15) is 12.4 Å². The summed E-state index contributed by atoms with van der Waals surface area (Å²) < 4.78 is 11.2. The lowest BCUT2D eigenvalue weighted by Crippen LogP contribution is -2.33. The third-order valence-corrected chi connectivity index (χ3v) is 6.66. The van der Waals surface area contributed by atoms with Crippen molar-refractivity contribution in [2.45, 2.75) is 19.3 Å². The highest BCUT2D eigenvalue weighted by atomic mass is 16.5. The Labute approximate surface area is 207 Å². The molecule has 36 heavy (non-hydrogen) atoms. The van der Waals surface area contributed by atoms with E-state index in [-0.39, 0.29) is 25.0 Å². The summed E-state index contributed by atoms with van der Waals surface area (Å²) in [4.78, 5) is 44.7. The van der Waals surface area contributed by atoms with Crippen LogP contribution in [0.3, 0.4) is 0 Å². The molecule has 3 heterocycles. The van der Waals surface area contributed by atoms with Gasteiger partial charge in [-0.05, 0) is 66.8 Å². The maximum absolute atomic E-state index is 13.4. The Balaban J connectivity index is 1.29. The normalized spacial score (nSPS) is 15.9. The van der Waals surface area contributed by atoms with Crippen molar-refractivity contribution in [3.63, 3.8) is 0 Å². The Morgan fingerprint density at radius 1 is 0.972 bits per heavy atom. The zero-order valence-electron chi connectivity index (χ0n) is 19.4. The molecule has 0 radical (unpaired) electrons. The summed E-state index contributed by atoms with van der Waals surface area (Å²) in [5.41, 5.74) is 4.58. The molecular formula is C29H22N2O5. The highest BCUT2D eigenvalue weighted by molar-refractivity contribution is 6.21. The number of allylic oxidation sites excluding steroid dienone is 1. The summed E-state index contributed by atoms with van der Waals surface area (Å²) in [6, 6.07) is 17.9. The minimum absolute atomic E-state index is 0.00700. The van der Waals surface area contributed by atoms with E-state index < -0.39 is 5.97 Å². The van der Waals surface area contributed by atoms with Crippen molar-refractivity contribution >= 4 is 40.3 Å². The molecule has 0 saturated carbocycles. The predicted octanol–water partition coefficient (Wildman–Crippen LogP) is 5.16. The minimum atomic E-state index is -0.485. The highest BCUT2D eigenvalue weighted by Crippen LogP contribution is 2.36. The summed E-state index contributed by atoms with van der Waals surface area (Å²) in [6.45, 7) is -0.0994. The van der Waals surface area contributed by atoms with Crippen molar-refractivity contribution in [2.24, 2.45) is 0 Å². The van der Waals surface area contributed by atoms with Gasteiger partial charge >= 0.3 is 5.97 Å². The lowest BCUT2D eigenvalue weighted by molar-refractivity contribution is 0.0421. The molecular weight excluding hydrogens is 456 g/mol. The average Bonchev–Trinajstić information content (AvgIpc) is 3.50. The van der Waals surface area contributed by atoms with Gasteiger partial charge in [-0.15, -0.1) is 0 Å². The van der Waals surface area contributed by atoms with Crippen molar-refractivity contribution in [1.29, 1.82) is 0 Å². The van der Waals surface area contributed by atoms with E-state index in [4.69, 9.17) is 14.1 Å². The quantitative estimate of drug-likeness (QED) is 0.291. The molecule has 0 bridgehead atoms. The highest BCUT2D eigenvalue weighted by Gasteiger charge is 2.35. The van der Waals surface area contributed by atoms with E-state index in [0.29, 0.717) is 28.6 Å². The fourth-order valence-corrected chi connectivity index (χ4v) is 5.00. The SMILES string of the molecule is O=C(OCCN1C(=O)c2ccccc2C1=O)c1c2c(nc3ccccc13)/C(=C\c1ccco1)CCC2. The van der Waals surface area contributed by atoms with Crippen LogP contribution in [0.5, 0.6) is 0 Å². The Hall–Kier alpha value is -4.52. The number of esters is 1. The van der Waals surface area contributed by atoms with E-state index in [1.807, 2.05) is 42.5 Å². The van der Waals surface area contributed by atoms with Gasteiger partial charge in [-0.3, -0.25) is 14.5 Å². The van der Waals surface area contributed by atoms with Crippen LogP contribution >= 0.6 is 0 Å². The molecule has 2 amide bonds. The number of rotatable bonds is 5. The summed E-state index contributed by atoms with van der Waals surface area (Å²) in [6.07, 6.45) is 5.99. The van der Waals surface area contributed by atoms with Gasteiger partial charge in [-0.1, -0.05) is 30.3 Å². The lowest BCUT2D eigenvalue weighted by atomic mass is 9.86. The number of para-hydroxylation sites is 1. The van der Waals surface area contributed by atoms with Gasteiger partial charge in [0.2, 0.25) is 0 Å². The van der Waals surface area contributed by atoms with E-state index in [1.165, 1.54) is 0 Å². The second-order valence-electron chi connectivity index (χ2n) is 8.81. The molecule has 0 atom stereocenters. The molecule has 0 N–H and O–H groups in total. The van der Waals surface area contributed by atoms with Crippen LogP contribution in [0.2, 0.25) is 0 Å². The van der Waals surface area contributed by atoms with Gasteiger partial charge in [0.25, 0.3) is 11.8 Å². The Kier molecular flexibility index (Phi) is 5.45. The van der Waals surface area contributed by atoms with E-state index in [1.54, 1.807) is 30.5 Å². The maximum atomic E-state index is 13.4. The number of nitrogens with zero attached hydrogens (tertiary/aromatic N) is 2. The van der Waals surface area contributed by atoms with Crippen LogP contribution in [-0.4, -0.2) is 40.8 Å². The van der Waals surface area contributed by atoms with Crippen LogP contribution < -0.4 is 0 Å². The number of carbonyl (C=O) groups excluding carboxylic acids is 3. The Morgan fingerprint density at radius 3 is 2.47 bits per heavy atom. The van der Waals surface area contributed by atoms with Gasteiger partial charge in [0.15, 0.2) is 0 Å². The molecule has 7 nitrogen and oxygen atoms in total. The number of amides is 2. The van der Waals surface area contributed by atoms with E-state index >= 15 is 0 Å².